The molecule has 0 radical (unpaired) electrons. The monoisotopic (exact) mass is 580 g/mol. The van der Waals surface area contributed by atoms with E-state index in [4.69, 9.17) is 17.0 Å². The van der Waals surface area contributed by atoms with Crippen LogP contribution in [-0.2, 0) is 22.6 Å². The third-order valence-corrected chi connectivity index (χ3v) is 8.40. The largest absolute Gasteiger partial charge is 0.450 e. The number of carbonyl (C=O) groups excluding carboxylic acids is 2. The summed E-state index contributed by atoms with van der Waals surface area (Å²) in [5.41, 5.74) is 2.50. The number of carbonyl (C=O) groups is 2. The van der Waals surface area contributed by atoms with Crippen LogP contribution in [0.5, 0.6) is 0 Å². The summed E-state index contributed by atoms with van der Waals surface area (Å²) in [6, 6.07) is 13.7. The number of para-hydroxylation sites is 1. The molecule has 11 heteroatoms. The van der Waals surface area contributed by atoms with E-state index >= 15 is 0 Å². The molecule has 2 aromatic carbocycles. The molecule has 8 nitrogen and oxygen atoms in total. The number of nitrogens with zero attached hydrogens (tertiary/aromatic N) is 4. The molecule has 40 heavy (non-hydrogen) atoms. The first-order valence-electron chi connectivity index (χ1n) is 13.1. The lowest BCUT2D eigenvalue weighted by Gasteiger charge is -2.37. The molecule has 0 spiro atoms. The zero-order valence-corrected chi connectivity index (χ0v) is 23.9. The number of anilines is 1. The fourth-order valence-corrected chi connectivity index (χ4v) is 6.30. The van der Waals surface area contributed by atoms with Crippen molar-refractivity contribution in [3.63, 3.8) is 0 Å². The number of thiocarbonyl (C=S) groups is 1. The number of rotatable bonds is 6. The Morgan fingerprint density at radius 2 is 1.75 bits per heavy atom. The number of halogens is 1. The normalized spacial score (nSPS) is 16.9. The van der Waals surface area contributed by atoms with E-state index in [0.29, 0.717) is 54.1 Å². The highest BCUT2D eigenvalue weighted by Gasteiger charge is 2.33. The third kappa shape index (κ3) is 5.35. The number of hydrogen-bond acceptors (Lipinski definition) is 7. The minimum absolute atomic E-state index is 0.201. The predicted molar refractivity (Wildman–Crippen MR) is 160 cm³/mol. The molecule has 1 aromatic heterocycles. The Bertz CT molecular complexity index is 1560. The first kappa shape index (κ1) is 27.9. The molecule has 0 unspecified atom stereocenters. The van der Waals surface area contributed by atoms with Crippen molar-refractivity contribution >= 4 is 63.0 Å². The smallest absolute Gasteiger partial charge is 0.409 e. The van der Waals surface area contributed by atoms with Gasteiger partial charge in [-0.2, -0.15) is 0 Å². The fraction of sp³-hybridized carbons (Fsp3) is 0.310. The zero-order valence-electron chi connectivity index (χ0n) is 22.3. The Morgan fingerprint density at radius 3 is 2.42 bits per heavy atom. The maximum absolute atomic E-state index is 13.9. The van der Waals surface area contributed by atoms with Crippen molar-refractivity contribution in [2.45, 2.75) is 26.9 Å². The SMILES string of the molecule is CCOC(=O)N1CCN(c2c(C=C3SC(=S)N(Cc4ccc(F)cc4)C3=O)c(=O)n(CC)c3ccccc23)CC1. The lowest BCUT2D eigenvalue weighted by atomic mass is 10.0. The van der Waals surface area contributed by atoms with E-state index in [-0.39, 0.29) is 29.9 Å². The Hall–Kier alpha value is -3.70. The maximum Gasteiger partial charge on any atom is 0.409 e. The van der Waals surface area contributed by atoms with Crippen molar-refractivity contribution in [2.75, 3.05) is 37.7 Å². The molecule has 0 atom stereocenters. The molecule has 3 aromatic rings. The molecular weight excluding hydrogens is 551 g/mol. The standard InChI is InChI=1S/C29H29FN4O4S2/c1-3-33-23-8-6-5-7-21(23)25(31-13-15-32(16-14-31)28(37)38-4-2)22(26(33)35)17-24-27(36)34(29(39)40-24)18-19-9-11-20(30)12-10-19/h5-12,17H,3-4,13-16,18H2,1-2H3. The van der Waals surface area contributed by atoms with E-state index in [9.17, 15) is 18.8 Å². The van der Waals surface area contributed by atoms with E-state index in [1.807, 2.05) is 31.2 Å². The van der Waals surface area contributed by atoms with Gasteiger partial charge >= 0.3 is 6.09 Å². The molecule has 5 rings (SSSR count). The molecule has 208 valence electrons. The minimum Gasteiger partial charge on any atom is -0.450 e. The van der Waals surface area contributed by atoms with Crippen LogP contribution in [0.1, 0.15) is 25.0 Å². The number of aromatic nitrogens is 1. The molecule has 0 N–H and O–H groups in total. The second-order valence-corrected chi connectivity index (χ2v) is 11.1. The highest BCUT2D eigenvalue weighted by atomic mass is 32.2. The summed E-state index contributed by atoms with van der Waals surface area (Å²) < 4.78 is 20.6. The van der Waals surface area contributed by atoms with E-state index in [2.05, 4.69) is 4.90 Å². The molecule has 2 aliphatic rings. The van der Waals surface area contributed by atoms with Gasteiger partial charge in [-0.05, 0) is 43.7 Å². The van der Waals surface area contributed by atoms with Crippen LogP contribution in [-0.4, -0.2) is 63.5 Å². The van der Waals surface area contributed by atoms with E-state index in [0.717, 1.165) is 33.9 Å². The molecule has 2 amide bonds. The topological polar surface area (TPSA) is 75.1 Å². The van der Waals surface area contributed by atoms with E-state index in [1.54, 1.807) is 34.6 Å². The Kier molecular flexibility index (Phi) is 8.22. The number of amides is 2. The number of benzene rings is 2. The summed E-state index contributed by atoms with van der Waals surface area (Å²) in [4.78, 5) is 45.3. The molecule has 3 heterocycles. The van der Waals surface area contributed by atoms with Crippen LogP contribution in [0.3, 0.4) is 0 Å². The molecule has 2 saturated heterocycles. The third-order valence-electron chi connectivity index (χ3n) is 7.02. The summed E-state index contributed by atoms with van der Waals surface area (Å²) in [5.74, 6) is -0.652. The summed E-state index contributed by atoms with van der Waals surface area (Å²) >= 11 is 6.67. The summed E-state index contributed by atoms with van der Waals surface area (Å²) in [5, 5.41) is 0.890. The number of fused-ring (bicyclic) bond motifs is 1. The van der Waals surface area contributed by atoms with Crippen molar-refractivity contribution < 1.29 is 18.7 Å². The Morgan fingerprint density at radius 1 is 1.05 bits per heavy atom. The molecule has 2 aliphatic heterocycles. The van der Waals surface area contributed by atoms with Gasteiger partial charge in [0.15, 0.2) is 0 Å². The van der Waals surface area contributed by atoms with Gasteiger partial charge in [0, 0.05) is 38.1 Å². The summed E-state index contributed by atoms with van der Waals surface area (Å²) in [7, 11) is 0. The van der Waals surface area contributed by atoms with Gasteiger partial charge in [-0.15, -0.1) is 0 Å². The lowest BCUT2D eigenvalue weighted by molar-refractivity contribution is -0.122. The fourth-order valence-electron chi connectivity index (χ4n) is 5.06. The molecule has 0 bridgehead atoms. The van der Waals surface area contributed by atoms with Crippen LogP contribution >= 0.6 is 24.0 Å². The van der Waals surface area contributed by atoms with Crippen molar-refractivity contribution in [1.82, 2.24) is 14.4 Å². The number of hydrogen-bond donors (Lipinski definition) is 0. The Labute approximate surface area is 241 Å². The van der Waals surface area contributed by atoms with Crippen LogP contribution in [0.2, 0.25) is 0 Å². The summed E-state index contributed by atoms with van der Waals surface area (Å²) in [6.07, 6.45) is 1.30. The maximum atomic E-state index is 13.9. The highest BCUT2D eigenvalue weighted by molar-refractivity contribution is 8.26. The van der Waals surface area contributed by atoms with Gasteiger partial charge in [-0.1, -0.05) is 54.3 Å². The molecule has 0 aliphatic carbocycles. The number of ether oxygens (including phenoxy) is 1. The van der Waals surface area contributed by atoms with Crippen LogP contribution in [0, 0.1) is 5.82 Å². The van der Waals surface area contributed by atoms with Gasteiger partial charge in [0.05, 0.1) is 34.8 Å². The Balaban J connectivity index is 1.55. The predicted octanol–water partition coefficient (Wildman–Crippen LogP) is 4.84. The van der Waals surface area contributed by atoms with Crippen molar-refractivity contribution in [3.05, 3.63) is 80.7 Å². The van der Waals surface area contributed by atoms with Crippen molar-refractivity contribution in [1.29, 1.82) is 0 Å². The van der Waals surface area contributed by atoms with Gasteiger partial charge in [-0.3, -0.25) is 14.5 Å². The molecular formula is C29H29FN4O4S2. The van der Waals surface area contributed by atoms with E-state index in [1.165, 1.54) is 17.0 Å². The van der Waals surface area contributed by atoms with Gasteiger partial charge < -0.3 is 19.1 Å². The second kappa shape index (κ2) is 11.8. The number of aryl methyl sites for hydroxylation is 1. The number of pyridine rings is 1. The summed E-state index contributed by atoms with van der Waals surface area (Å²) in [6.45, 7) is 6.57. The van der Waals surface area contributed by atoms with Crippen molar-refractivity contribution in [2.24, 2.45) is 0 Å². The van der Waals surface area contributed by atoms with Crippen LogP contribution in [0.4, 0.5) is 14.9 Å². The average molecular weight is 581 g/mol. The molecule has 0 saturated carbocycles. The molecule has 2 fully saturated rings. The van der Waals surface area contributed by atoms with Gasteiger partial charge in [0.2, 0.25) is 0 Å². The van der Waals surface area contributed by atoms with Crippen molar-refractivity contribution in [3.8, 4) is 0 Å². The van der Waals surface area contributed by atoms with E-state index < -0.39 is 0 Å². The first-order valence-corrected chi connectivity index (χ1v) is 14.4. The average Bonchev–Trinajstić information content (AvgIpc) is 3.22. The number of piperazine rings is 1. The lowest BCUT2D eigenvalue weighted by Crippen LogP contribution is -2.49. The quantitative estimate of drug-likeness (QED) is 0.305. The minimum atomic E-state index is -0.354. The van der Waals surface area contributed by atoms with Gasteiger partial charge in [0.25, 0.3) is 11.5 Å². The van der Waals surface area contributed by atoms with Crippen LogP contribution in [0.15, 0.2) is 58.2 Å². The highest BCUT2D eigenvalue weighted by Crippen LogP contribution is 2.37. The van der Waals surface area contributed by atoms with Crippen LogP contribution in [0.25, 0.3) is 17.0 Å². The van der Waals surface area contributed by atoms with Gasteiger partial charge in [0.1, 0.15) is 10.1 Å². The van der Waals surface area contributed by atoms with Gasteiger partial charge in [-0.25, -0.2) is 9.18 Å². The number of thioether (sulfide) groups is 1. The second-order valence-electron chi connectivity index (χ2n) is 9.40. The van der Waals surface area contributed by atoms with Crippen LogP contribution < -0.4 is 10.5 Å². The zero-order chi connectivity index (χ0) is 28.4. The first-order chi connectivity index (χ1) is 19.3.